The van der Waals surface area contributed by atoms with Gasteiger partial charge in [-0.25, -0.2) is 22.3 Å². The Morgan fingerprint density at radius 1 is 1.29 bits per heavy atom. The van der Waals surface area contributed by atoms with Crippen molar-refractivity contribution in [3.63, 3.8) is 0 Å². The van der Waals surface area contributed by atoms with Crippen LogP contribution >= 0.6 is 0 Å². The van der Waals surface area contributed by atoms with Crippen LogP contribution < -0.4 is 11.1 Å². The molecular formula is C18H26N4O5S. The van der Waals surface area contributed by atoms with Gasteiger partial charge in [0.1, 0.15) is 0 Å². The maximum Gasteiger partial charge on any atom is 0.420 e. The Morgan fingerprint density at radius 3 is 2.50 bits per heavy atom. The highest BCUT2D eigenvalue weighted by atomic mass is 32.2. The number of amides is 2. The summed E-state index contributed by atoms with van der Waals surface area (Å²) in [6.07, 6.45) is 2.37. The quantitative estimate of drug-likeness (QED) is 0.831. The first-order valence-corrected chi connectivity index (χ1v) is 11.1. The van der Waals surface area contributed by atoms with Crippen molar-refractivity contribution in [3.05, 3.63) is 28.7 Å². The van der Waals surface area contributed by atoms with Gasteiger partial charge < -0.3 is 14.6 Å². The summed E-state index contributed by atoms with van der Waals surface area (Å²) >= 11 is 0. The first kappa shape index (κ1) is 20.4. The fourth-order valence-electron chi connectivity index (χ4n) is 3.54. The van der Waals surface area contributed by atoms with E-state index < -0.39 is 15.8 Å². The number of rotatable bonds is 4. The van der Waals surface area contributed by atoms with Gasteiger partial charge in [0.25, 0.3) is 0 Å². The van der Waals surface area contributed by atoms with Crippen LogP contribution in [-0.4, -0.2) is 60.7 Å². The van der Waals surface area contributed by atoms with E-state index in [0.29, 0.717) is 42.7 Å². The zero-order valence-electron chi connectivity index (χ0n) is 16.5. The monoisotopic (exact) mass is 410 g/mol. The second-order valence-electron chi connectivity index (χ2n) is 7.45. The van der Waals surface area contributed by atoms with Crippen molar-refractivity contribution >= 4 is 32.8 Å². The number of fused-ring (bicyclic) bond motifs is 1. The first-order valence-electron chi connectivity index (χ1n) is 9.22. The Kier molecular flexibility index (Phi) is 5.53. The zero-order chi connectivity index (χ0) is 20.6. The van der Waals surface area contributed by atoms with E-state index in [1.54, 1.807) is 34.7 Å². The topological polar surface area (TPSA) is 105 Å². The van der Waals surface area contributed by atoms with Crippen LogP contribution in [0.1, 0.15) is 32.7 Å². The first-order chi connectivity index (χ1) is 13.1. The van der Waals surface area contributed by atoms with Crippen LogP contribution in [0.5, 0.6) is 0 Å². The highest BCUT2D eigenvalue weighted by Crippen LogP contribution is 2.22. The minimum Gasteiger partial charge on any atom is -0.408 e. The standard InChI is InChI=1S/C18H26N4O5S/c1-12(2)22-15-6-5-13(11-16(15)27-18(22)24)19-17(23)20(3)14-7-9-21(10-8-14)28(4,25)26/h5-6,11-12,14H,7-10H2,1-4H3,(H,19,23). The van der Waals surface area contributed by atoms with Crippen molar-refractivity contribution in [2.45, 2.75) is 38.8 Å². The molecule has 0 spiro atoms. The van der Waals surface area contributed by atoms with E-state index in [1.807, 2.05) is 13.8 Å². The fraction of sp³-hybridized carbons (Fsp3) is 0.556. The Balaban J connectivity index is 1.68. The van der Waals surface area contributed by atoms with Gasteiger partial charge in [-0.15, -0.1) is 0 Å². The van der Waals surface area contributed by atoms with Gasteiger partial charge in [-0.3, -0.25) is 4.57 Å². The van der Waals surface area contributed by atoms with Crippen molar-refractivity contribution in [2.75, 3.05) is 31.7 Å². The minimum absolute atomic E-state index is 0.0295. The van der Waals surface area contributed by atoms with Crippen molar-refractivity contribution in [1.82, 2.24) is 13.8 Å². The summed E-state index contributed by atoms with van der Waals surface area (Å²) in [5.41, 5.74) is 1.63. The number of carbonyl (C=O) groups excluding carboxylic acids is 1. The number of benzene rings is 1. The van der Waals surface area contributed by atoms with Gasteiger partial charge in [0, 0.05) is 44.0 Å². The number of anilines is 1. The Morgan fingerprint density at radius 2 is 1.93 bits per heavy atom. The summed E-state index contributed by atoms with van der Waals surface area (Å²) < 4.78 is 31.5. The molecule has 1 aliphatic heterocycles. The molecular weight excluding hydrogens is 384 g/mol. The molecule has 1 aromatic carbocycles. The van der Waals surface area contributed by atoms with E-state index in [0.717, 1.165) is 0 Å². The van der Waals surface area contributed by atoms with E-state index in [9.17, 15) is 18.0 Å². The molecule has 0 atom stereocenters. The average molecular weight is 410 g/mol. The predicted molar refractivity (Wildman–Crippen MR) is 107 cm³/mol. The third kappa shape index (κ3) is 4.07. The lowest BCUT2D eigenvalue weighted by Gasteiger charge is -2.35. The lowest BCUT2D eigenvalue weighted by molar-refractivity contribution is 0.174. The Bertz CT molecular complexity index is 1030. The molecule has 1 fully saturated rings. The number of hydrogen-bond acceptors (Lipinski definition) is 5. The van der Waals surface area contributed by atoms with Crippen LogP contribution in [-0.2, 0) is 10.0 Å². The van der Waals surface area contributed by atoms with E-state index in [2.05, 4.69) is 5.32 Å². The maximum atomic E-state index is 12.6. The molecule has 1 saturated heterocycles. The molecule has 10 heteroatoms. The van der Waals surface area contributed by atoms with Crippen LogP contribution in [0.4, 0.5) is 10.5 Å². The Labute approximate surface area is 163 Å². The molecule has 0 unspecified atom stereocenters. The number of aromatic nitrogens is 1. The molecule has 9 nitrogen and oxygen atoms in total. The predicted octanol–water partition coefficient (Wildman–Crippen LogP) is 2.06. The molecule has 28 heavy (non-hydrogen) atoms. The number of nitrogens with one attached hydrogen (secondary N) is 1. The highest BCUT2D eigenvalue weighted by Gasteiger charge is 2.29. The number of urea groups is 1. The van der Waals surface area contributed by atoms with Gasteiger partial charge >= 0.3 is 11.8 Å². The summed E-state index contributed by atoms with van der Waals surface area (Å²) in [6.45, 7) is 4.61. The van der Waals surface area contributed by atoms with E-state index in [-0.39, 0.29) is 18.1 Å². The summed E-state index contributed by atoms with van der Waals surface area (Å²) in [4.78, 5) is 26.2. The normalized spacial score (nSPS) is 16.6. The smallest absolute Gasteiger partial charge is 0.408 e. The zero-order valence-corrected chi connectivity index (χ0v) is 17.3. The molecule has 0 aliphatic carbocycles. The molecule has 154 valence electrons. The molecule has 2 amide bonds. The van der Waals surface area contributed by atoms with Crippen LogP contribution in [0, 0.1) is 0 Å². The van der Waals surface area contributed by atoms with E-state index >= 15 is 0 Å². The van der Waals surface area contributed by atoms with E-state index in [4.69, 9.17) is 4.42 Å². The van der Waals surface area contributed by atoms with Gasteiger partial charge in [-0.05, 0) is 38.8 Å². The van der Waals surface area contributed by atoms with Gasteiger partial charge in [0.05, 0.1) is 11.8 Å². The number of oxazole rings is 1. The van der Waals surface area contributed by atoms with Crippen LogP contribution in [0.25, 0.3) is 11.1 Å². The second-order valence-corrected chi connectivity index (χ2v) is 9.43. The third-order valence-corrected chi connectivity index (χ3v) is 6.44. The number of piperidine rings is 1. The molecule has 1 aromatic heterocycles. The summed E-state index contributed by atoms with van der Waals surface area (Å²) in [5.74, 6) is -0.428. The van der Waals surface area contributed by atoms with Crippen molar-refractivity contribution in [2.24, 2.45) is 0 Å². The molecule has 1 N–H and O–H groups in total. The van der Waals surface area contributed by atoms with Crippen LogP contribution in [0.15, 0.2) is 27.4 Å². The van der Waals surface area contributed by atoms with Crippen molar-refractivity contribution in [3.8, 4) is 0 Å². The highest BCUT2D eigenvalue weighted by molar-refractivity contribution is 7.88. The van der Waals surface area contributed by atoms with Gasteiger partial charge in [-0.2, -0.15) is 0 Å². The fourth-order valence-corrected chi connectivity index (χ4v) is 4.42. The summed E-state index contributed by atoms with van der Waals surface area (Å²) in [7, 11) is -1.50. The van der Waals surface area contributed by atoms with Crippen LogP contribution in [0.3, 0.4) is 0 Å². The number of hydrogen-bond donors (Lipinski definition) is 1. The van der Waals surface area contributed by atoms with E-state index in [1.165, 1.54) is 10.6 Å². The van der Waals surface area contributed by atoms with Gasteiger partial charge in [0.2, 0.25) is 10.0 Å². The lowest BCUT2D eigenvalue weighted by atomic mass is 10.1. The van der Waals surface area contributed by atoms with Gasteiger partial charge in [0.15, 0.2) is 5.58 Å². The van der Waals surface area contributed by atoms with Gasteiger partial charge in [-0.1, -0.05) is 0 Å². The maximum absolute atomic E-state index is 12.6. The summed E-state index contributed by atoms with van der Waals surface area (Å²) in [6, 6.07) is 4.75. The average Bonchev–Trinajstić information content (AvgIpc) is 2.95. The molecule has 2 aromatic rings. The van der Waals surface area contributed by atoms with Crippen molar-refractivity contribution in [1.29, 1.82) is 0 Å². The second kappa shape index (κ2) is 7.59. The summed E-state index contributed by atoms with van der Waals surface area (Å²) in [5, 5.41) is 2.81. The molecule has 0 radical (unpaired) electrons. The van der Waals surface area contributed by atoms with Crippen molar-refractivity contribution < 1.29 is 17.6 Å². The number of nitrogens with zero attached hydrogens (tertiary/aromatic N) is 3. The molecule has 0 saturated carbocycles. The lowest BCUT2D eigenvalue weighted by Crippen LogP contribution is -2.48. The number of sulfonamides is 1. The van der Waals surface area contributed by atoms with Crippen LogP contribution in [0.2, 0.25) is 0 Å². The largest absolute Gasteiger partial charge is 0.420 e. The number of carbonyl (C=O) groups is 1. The molecule has 3 rings (SSSR count). The Hall–Kier alpha value is -2.33. The molecule has 1 aliphatic rings. The molecule has 2 heterocycles. The third-order valence-electron chi connectivity index (χ3n) is 5.14. The molecule has 0 bridgehead atoms. The minimum atomic E-state index is -3.20. The SMILES string of the molecule is CC(C)n1c(=O)oc2cc(NC(=O)N(C)C3CCN(S(C)(=O)=O)CC3)ccc21.